The van der Waals surface area contributed by atoms with Crippen LogP contribution in [0.25, 0.3) is 0 Å². The number of hydrogen-bond acceptors (Lipinski definition) is 4. The molecule has 2 N–H and O–H groups in total. The first-order chi connectivity index (χ1) is 9.69. The summed E-state index contributed by atoms with van der Waals surface area (Å²) in [5.74, 6) is 3.21. The zero-order chi connectivity index (χ0) is 14.4. The SMILES string of the molecule is C#CCOc1ccc(Br)cc1CNCc1csc(=O)[nH]1. The molecule has 0 aliphatic carbocycles. The highest BCUT2D eigenvalue weighted by molar-refractivity contribution is 9.10. The summed E-state index contributed by atoms with van der Waals surface area (Å²) in [6.45, 7) is 1.46. The molecule has 0 saturated heterocycles. The van der Waals surface area contributed by atoms with Gasteiger partial charge >= 0.3 is 4.87 Å². The van der Waals surface area contributed by atoms with Crippen LogP contribution in [-0.4, -0.2) is 11.6 Å². The van der Waals surface area contributed by atoms with Crippen LogP contribution < -0.4 is 14.9 Å². The second-order valence-electron chi connectivity index (χ2n) is 4.02. The topological polar surface area (TPSA) is 54.1 Å². The maximum atomic E-state index is 11.0. The van der Waals surface area contributed by atoms with Gasteiger partial charge in [0.05, 0.1) is 0 Å². The molecule has 4 nitrogen and oxygen atoms in total. The molecule has 20 heavy (non-hydrogen) atoms. The molecule has 6 heteroatoms. The van der Waals surface area contributed by atoms with E-state index in [1.165, 1.54) is 0 Å². The third-order valence-electron chi connectivity index (χ3n) is 2.54. The molecule has 0 saturated carbocycles. The van der Waals surface area contributed by atoms with Crippen LogP contribution in [0, 0.1) is 12.3 Å². The summed E-state index contributed by atoms with van der Waals surface area (Å²) in [4.78, 5) is 13.7. The van der Waals surface area contributed by atoms with Gasteiger partial charge in [0.1, 0.15) is 12.4 Å². The monoisotopic (exact) mass is 352 g/mol. The number of hydrogen-bond donors (Lipinski definition) is 2. The number of ether oxygens (including phenoxy) is 1. The van der Waals surface area contributed by atoms with Gasteiger partial charge in [0.15, 0.2) is 0 Å². The van der Waals surface area contributed by atoms with E-state index in [-0.39, 0.29) is 11.5 Å². The first-order valence-electron chi connectivity index (χ1n) is 5.91. The molecule has 104 valence electrons. The van der Waals surface area contributed by atoms with E-state index in [1.54, 1.807) is 0 Å². The molecule has 0 spiro atoms. The van der Waals surface area contributed by atoms with E-state index in [0.29, 0.717) is 13.1 Å². The normalized spacial score (nSPS) is 10.2. The summed E-state index contributed by atoms with van der Waals surface area (Å²) in [6.07, 6.45) is 5.20. The number of halogens is 1. The lowest BCUT2D eigenvalue weighted by atomic mass is 10.2. The van der Waals surface area contributed by atoms with Crippen molar-refractivity contribution in [2.45, 2.75) is 13.1 Å². The Labute approximate surface area is 129 Å². The van der Waals surface area contributed by atoms with Crippen molar-refractivity contribution in [2.75, 3.05) is 6.61 Å². The average molecular weight is 353 g/mol. The van der Waals surface area contributed by atoms with Crippen LogP contribution in [0.5, 0.6) is 5.75 Å². The summed E-state index contributed by atoms with van der Waals surface area (Å²) in [5.41, 5.74) is 1.88. The molecule has 0 fully saturated rings. The van der Waals surface area contributed by atoms with Crippen molar-refractivity contribution >= 4 is 27.3 Å². The summed E-state index contributed by atoms with van der Waals surface area (Å²) >= 11 is 4.60. The van der Waals surface area contributed by atoms with Gasteiger partial charge in [0.2, 0.25) is 0 Å². The Hall–Kier alpha value is -1.55. The van der Waals surface area contributed by atoms with Gasteiger partial charge < -0.3 is 15.0 Å². The van der Waals surface area contributed by atoms with E-state index in [2.05, 4.69) is 32.2 Å². The first-order valence-corrected chi connectivity index (χ1v) is 7.58. The van der Waals surface area contributed by atoms with E-state index in [1.807, 2.05) is 23.6 Å². The second kappa shape index (κ2) is 7.29. The van der Waals surface area contributed by atoms with Crippen LogP contribution in [0.3, 0.4) is 0 Å². The van der Waals surface area contributed by atoms with E-state index in [0.717, 1.165) is 32.8 Å². The lowest BCUT2D eigenvalue weighted by Crippen LogP contribution is -2.14. The van der Waals surface area contributed by atoms with Gasteiger partial charge in [-0.2, -0.15) is 0 Å². The van der Waals surface area contributed by atoms with Gasteiger partial charge in [-0.25, -0.2) is 0 Å². The molecule has 1 heterocycles. The minimum Gasteiger partial charge on any atom is -0.481 e. The third kappa shape index (κ3) is 4.23. The summed E-state index contributed by atoms with van der Waals surface area (Å²) < 4.78 is 6.47. The van der Waals surface area contributed by atoms with Crippen molar-refractivity contribution in [2.24, 2.45) is 0 Å². The van der Waals surface area contributed by atoms with Crippen LogP contribution in [0.2, 0.25) is 0 Å². The lowest BCUT2D eigenvalue weighted by molar-refractivity contribution is 0.364. The number of nitrogens with one attached hydrogen (secondary N) is 2. The number of benzene rings is 1. The summed E-state index contributed by atoms with van der Waals surface area (Å²) in [7, 11) is 0. The smallest absolute Gasteiger partial charge is 0.304 e. The third-order valence-corrected chi connectivity index (χ3v) is 3.75. The molecule has 0 aliphatic rings. The van der Waals surface area contributed by atoms with Gasteiger partial charge in [-0.1, -0.05) is 33.2 Å². The quantitative estimate of drug-likeness (QED) is 0.785. The lowest BCUT2D eigenvalue weighted by Gasteiger charge is -2.11. The van der Waals surface area contributed by atoms with Crippen molar-refractivity contribution in [1.82, 2.24) is 10.3 Å². The van der Waals surface area contributed by atoms with Gasteiger partial charge in [-0.05, 0) is 18.2 Å². The second-order valence-corrected chi connectivity index (χ2v) is 5.78. The van der Waals surface area contributed by atoms with Crippen molar-refractivity contribution in [3.05, 3.63) is 49.0 Å². The Morgan fingerprint density at radius 1 is 1.45 bits per heavy atom. The van der Waals surface area contributed by atoms with Crippen molar-refractivity contribution in [3.63, 3.8) is 0 Å². The maximum Gasteiger partial charge on any atom is 0.304 e. The number of thiazole rings is 1. The maximum absolute atomic E-state index is 11.0. The van der Waals surface area contributed by atoms with Crippen LogP contribution in [0.15, 0.2) is 32.8 Å². The van der Waals surface area contributed by atoms with Crippen molar-refractivity contribution in [3.8, 4) is 18.1 Å². The Bertz CT molecular complexity index is 672. The molecular formula is C14H13BrN2O2S. The fourth-order valence-corrected chi connectivity index (χ4v) is 2.67. The molecular weight excluding hydrogens is 340 g/mol. The van der Waals surface area contributed by atoms with Gasteiger partial charge in [0, 0.05) is 34.2 Å². The van der Waals surface area contributed by atoms with Gasteiger partial charge in [0.25, 0.3) is 0 Å². The molecule has 0 amide bonds. The highest BCUT2D eigenvalue weighted by Crippen LogP contribution is 2.23. The Morgan fingerprint density at radius 3 is 3.00 bits per heavy atom. The fraction of sp³-hybridized carbons (Fsp3) is 0.214. The molecule has 1 aromatic carbocycles. The number of aromatic amines is 1. The molecule has 0 radical (unpaired) electrons. The predicted molar refractivity (Wildman–Crippen MR) is 84.0 cm³/mol. The van der Waals surface area contributed by atoms with Crippen LogP contribution in [-0.2, 0) is 13.1 Å². The van der Waals surface area contributed by atoms with E-state index in [4.69, 9.17) is 11.2 Å². The standard InChI is InChI=1S/C14H13BrN2O2S/c1-2-5-19-13-4-3-11(15)6-10(13)7-16-8-12-9-20-14(18)17-12/h1,3-4,6,9,16H,5,7-8H2,(H,17,18). The molecule has 0 unspecified atom stereocenters. The van der Waals surface area contributed by atoms with Crippen molar-refractivity contribution in [1.29, 1.82) is 0 Å². The molecule has 0 aliphatic heterocycles. The van der Waals surface area contributed by atoms with E-state index in [9.17, 15) is 4.79 Å². The number of rotatable bonds is 6. The van der Waals surface area contributed by atoms with Crippen molar-refractivity contribution < 1.29 is 4.74 Å². The minimum atomic E-state index is -0.0395. The first kappa shape index (κ1) is 14.9. The summed E-state index contributed by atoms with van der Waals surface area (Å²) in [5, 5.41) is 5.07. The molecule has 2 aromatic rings. The molecule has 0 bridgehead atoms. The Balaban J connectivity index is 1.98. The van der Waals surface area contributed by atoms with Gasteiger partial charge in [-0.3, -0.25) is 4.79 Å². The molecule has 0 atom stereocenters. The highest BCUT2D eigenvalue weighted by atomic mass is 79.9. The Kier molecular flexibility index (Phi) is 5.41. The summed E-state index contributed by atoms with van der Waals surface area (Å²) in [6, 6.07) is 5.77. The minimum absolute atomic E-state index is 0.0395. The number of aromatic nitrogens is 1. The fourth-order valence-electron chi connectivity index (χ4n) is 1.68. The highest BCUT2D eigenvalue weighted by Gasteiger charge is 2.05. The largest absolute Gasteiger partial charge is 0.481 e. The van der Waals surface area contributed by atoms with E-state index < -0.39 is 0 Å². The molecule has 1 aromatic heterocycles. The average Bonchev–Trinajstić information content (AvgIpc) is 2.84. The van der Waals surface area contributed by atoms with E-state index >= 15 is 0 Å². The van der Waals surface area contributed by atoms with Crippen LogP contribution in [0.4, 0.5) is 0 Å². The zero-order valence-electron chi connectivity index (χ0n) is 10.6. The van der Waals surface area contributed by atoms with Gasteiger partial charge in [-0.15, -0.1) is 6.42 Å². The number of terminal acetylenes is 1. The molecule has 2 rings (SSSR count). The Morgan fingerprint density at radius 2 is 2.30 bits per heavy atom. The van der Waals surface area contributed by atoms with Crippen LogP contribution in [0.1, 0.15) is 11.3 Å². The predicted octanol–water partition coefficient (Wildman–Crippen LogP) is 2.50. The number of H-pyrrole nitrogens is 1. The zero-order valence-corrected chi connectivity index (χ0v) is 13.0. The van der Waals surface area contributed by atoms with Crippen LogP contribution >= 0.6 is 27.3 Å².